The highest BCUT2D eigenvalue weighted by Gasteiger charge is 2.18. The van der Waals surface area contributed by atoms with Crippen molar-refractivity contribution in [3.63, 3.8) is 0 Å². The Hall–Kier alpha value is -1.06. The van der Waals surface area contributed by atoms with E-state index in [2.05, 4.69) is 0 Å². The first kappa shape index (κ1) is 5.56. The number of rotatable bonds is 4. The minimum absolute atomic E-state index is 0.474. The monoisotopic (exact) mass is 177 g/mol. The van der Waals surface area contributed by atoms with Gasteiger partial charge >= 0.3 is 5.97 Å². The summed E-state index contributed by atoms with van der Waals surface area (Å²) in [6.45, 7) is 0.0491. The first-order valence-corrected chi connectivity index (χ1v) is 3.51. The molecular formula is C8H15NO3. The van der Waals surface area contributed by atoms with Crippen molar-refractivity contribution >= 4 is 11.9 Å². The molecule has 0 bridgehead atoms. The summed E-state index contributed by atoms with van der Waals surface area (Å²) in [5.74, 6) is -3.25. The smallest absolute Gasteiger partial charge is 0.326 e. The SMILES string of the molecule is [2H]C([2H])([2H])C(C)C[C@@]([2H])(NC(C)=O)C(=O)O. The number of carboxylic acid groups (broad SMARTS) is 1. The third kappa shape index (κ3) is 4.71. The lowest BCUT2D eigenvalue weighted by molar-refractivity contribution is -0.142. The molecule has 0 saturated heterocycles. The lowest BCUT2D eigenvalue weighted by atomic mass is 10.0. The zero-order chi connectivity index (χ0) is 13.1. The van der Waals surface area contributed by atoms with Gasteiger partial charge in [0.25, 0.3) is 0 Å². The quantitative estimate of drug-likeness (QED) is 0.661. The summed E-state index contributed by atoms with van der Waals surface area (Å²) in [6, 6.07) is -2.29. The van der Waals surface area contributed by atoms with Gasteiger partial charge in [-0.15, -0.1) is 0 Å². The molecule has 0 fully saturated rings. The molecule has 0 rings (SSSR count). The van der Waals surface area contributed by atoms with Crippen LogP contribution in [0, 0.1) is 5.92 Å². The molecule has 0 aromatic rings. The number of nitrogens with one attached hydrogen (secondary N) is 1. The van der Waals surface area contributed by atoms with Crippen molar-refractivity contribution in [1.82, 2.24) is 5.32 Å². The summed E-state index contributed by atoms with van der Waals surface area (Å²) in [5, 5.41) is 10.7. The zero-order valence-electron chi connectivity index (χ0n) is 11.0. The van der Waals surface area contributed by atoms with Crippen LogP contribution < -0.4 is 5.32 Å². The third-order valence-electron chi connectivity index (χ3n) is 1.10. The van der Waals surface area contributed by atoms with Gasteiger partial charge in [0.1, 0.15) is 6.02 Å². The van der Waals surface area contributed by atoms with Crippen molar-refractivity contribution < 1.29 is 20.2 Å². The Morgan fingerprint density at radius 1 is 1.75 bits per heavy atom. The van der Waals surface area contributed by atoms with E-state index in [4.69, 9.17) is 10.6 Å². The maximum atomic E-state index is 10.8. The Morgan fingerprint density at radius 2 is 2.33 bits per heavy atom. The van der Waals surface area contributed by atoms with Crippen molar-refractivity contribution in [2.45, 2.75) is 33.1 Å². The molecule has 1 amide bonds. The molecule has 0 spiro atoms. The number of carbonyl (C=O) groups is 2. The average molecular weight is 177 g/mol. The summed E-state index contributed by atoms with van der Waals surface area (Å²) >= 11 is 0. The molecule has 1 unspecified atom stereocenters. The van der Waals surface area contributed by atoms with Gasteiger partial charge in [0, 0.05) is 11.0 Å². The van der Waals surface area contributed by atoms with Crippen LogP contribution in [-0.4, -0.2) is 23.0 Å². The molecule has 0 aromatic heterocycles. The Bertz CT molecular complexity index is 291. The van der Waals surface area contributed by atoms with Crippen molar-refractivity contribution in [2.24, 2.45) is 5.92 Å². The van der Waals surface area contributed by atoms with Gasteiger partial charge in [-0.25, -0.2) is 4.79 Å². The Morgan fingerprint density at radius 3 is 2.67 bits per heavy atom. The largest absolute Gasteiger partial charge is 0.480 e. The van der Waals surface area contributed by atoms with Crippen LogP contribution in [0.4, 0.5) is 0 Å². The molecule has 0 heterocycles. The van der Waals surface area contributed by atoms with Gasteiger partial charge in [-0.05, 0) is 12.3 Å². The minimum Gasteiger partial charge on any atom is -0.480 e. The van der Waals surface area contributed by atoms with E-state index in [1.54, 1.807) is 0 Å². The van der Waals surface area contributed by atoms with E-state index in [1.165, 1.54) is 6.92 Å². The van der Waals surface area contributed by atoms with E-state index < -0.39 is 37.1 Å². The van der Waals surface area contributed by atoms with E-state index in [1.807, 2.05) is 5.32 Å². The van der Waals surface area contributed by atoms with Crippen molar-refractivity contribution in [2.75, 3.05) is 0 Å². The van der Waals surface area contributed by atoms with Crippen LogP contribution in [0.3, 0.4) is 0 Å². The molecule has 0 aromatic carbocycles. The molecule has 0 aliphatic rings. The summed E-state index contributed by atoms with van der Waals surface area (Å²) in [5.41, 5.74) is 0. The fraction of sp³-hybridized carbons (Fsp3) is 0.750. The first-order chi connectivity index (χ1) is 6.99. The van der Waals surface area contributed by atoms with E-state index in [0.29, 0.717) is 0 Å². The third-order valence-corrected chi connectivity index (χ3v) is 1.10. The van der Waals surface area contributed by atoms with E-state index in [9.17, 15) is 9.59 Å². The predicted octanol–water partition coefficient (Wildman–Crippen LogP) is 0.622. The fourth-order valence-electron chi connectivity index (χ4n) is 0.710. The van der Waals surface area contributed by atoms with Crippen LogP contribution in [0.5, 0.6) is 0 Å². The average Bonchev–Trinajstić information content (AvgIpc) is 1.99. The zero-order valence-corrected chi connectivity index (χ0v) is 7.05. The maximum absolute atomic E-state index is 10.8. The van der Waals surface area contributed by atoms with E-state index in [0.717, 1.165) is 6.92 Å². The highest BCUT2D eigenvalue weighted by molar-refractivity contribution is 5.81. The van der Waals surface area contributed by atoms with E-state index in [-0.39, 0.29) is 0 Å². The summed E-state index contributed by atoms with van der Waals surface area (Å²) in [4.78, 5) is 21.6. The van der Waals surface area contributed by atoms with Gasteiger partial charge in [0.15, 0.2) is 0 Å². The van der Waals surface area contributed by atoms with Gasteiger partial charge in [-0.3, -0.25) is 4.79 Å². The van der Waals surface area contributed by atoms with Crippen LogP contribution in [0.15, 0.2) is 0 Å². The Balaban J connectivity index is 4.82. The highest BCUT2D eigenvalue weighted by Crippen LogP contribution is 2.04. The van der Waals surface area contributed by atoms with Crippen LogP contribution in [-0.2, 0) is 9.59 Å². The molecule has 4 heteroatoms. The lowest BCUT2D eigenvalue weighted by Gasteiger charge is -2.14. The van der Waals surface area contributed by atoms with Gasteiger partial charge in [0.05, 0.1) is 1.37 Å². The summed E-state index contributed by atoms with van der Waals surface area (Å²) < 4.78 is 28.8. The van der Waals surface area contributed by atoms with Crippen molar-refractivity contribution in [3.05, 3.63) is 0 Å². The van der Waals surface area contributed by atoms with Gasteiger partial charge in [-0.1, -0.05) is 13.8 Å². The highest BCUT2D eigenvalue weighted by atomic mass is 16.4. The number of hydrogen-bond donors (Lipinski definition) is 2. The number of hydrogen-bond acceptors (Lipinski definition) is 2. The molecule has 0 radical (unpaired) electrons. The van der Waals surface area contributed by atoms with Gasteiger partial charge in [-0.2, -0.15) is 0 Å². The van der Waals surface area contributed by atoms with Crippen LogP contribution >= 0.6 is 0 Å². The van der Waals surface area contributed by atoms with E-state index >= 15 is 0 Å². The predicted molar refractivity (Wildman–Crippen MR) is 44.7 cm³/mol. The normalized spacial score (nSPS) is 23.5. The maximum Gasteiger partial charge on any atom is 0.326 e. The molecule has 70 valence electrons. The Kier molecular flexibility index (Phi) is 2.20. The molecule has 12 heavy (non-hydrogen) atoms. The summed E-state index contributed by atoms with van der Waals surface area (Å²) in [6.07, 6.45) is -0.474. The molecule has 0 aliphatic carbocycles. The molecule has 4 nitrogen and oxygen atoms in total. The number of carboxylic acids is 1. The van der Waals surface area contributed by atoms with Gasteiger partial charge < -0.3 is 10.4 Å². The van der Waals surface area contributed by atoms with Crippen LogP contribution in [0.25, 0.3) is 0 Å². The van der Waals surface area contributed by atoms with Crippen molar-refractivity contribution in [1.29, 1.82) is 0 Å². The fourth-order valence-corrected chi connectivity index (χ4v) is 0.710. The van der Waals surface area contributed by atoms with Gasteiger partial charge in [0.2, 0.25) is 5.91 Å². The second-order valence-electron chi connectivity index (χ2n) is 2.57. The molecular weight excluding hydrogens is 158 g/mol. The first-order valence-electron chi connectivity index (χ1n) is 5.51. The Labute approximate surface area is 77.6 Å². The molecule has 0 saturated carbocycles. The van der Waals surface area contributed by atoms with Crippen molar-refractivity contribution in [3.8, 4) is 0 Å². The topological polar surface area (TPSA) is 66.4 Å². The second kappa shape index (κ2) is 4.74. The lowest BCUT2D eigenvalue weighted by Crippen LogP contribution is -2.40. The number of carbonyl (C=O) groups excluding carboxylic acids is 1. The molecule has 0 aliphatic heterocycles. The minimum atomic E-state index is -2.35. The van der Waals surface area contributed by atoms with Crippen LogP contribution in [0.2, 0.25) is 0 Å². The molecule has 2 atom stereocenters. The van der Waals surface area contributed by atoms with Crippen LogP contribution in [0.1, 0.15) is 32.6 Å². The second-order valence-corrected chi connectivity index (χ2v) is 2.57. The number of amides is 1. The standard InChI is InChI=1S/C8H15NO3/c1-5(2)4-7(8(11)12)9-6(3)10/h5,7H,4H2,1-3H3,(H,9,10)(H,11,12)/t7-/m1/s1/i1D3,7D/t5?,7-. The number of aliphatic carboxylic acids is 1. The summed E-state index contributed by atoms with van der Waals surface area (Å²) in [7, 11) is 0. The molecule has 2 N–H and O–H groups in total.